The Morgan fingerprint density at radius 3 is 1.83 bits per heavy atom. The van der Waals surface area contributed by atoms with E-state index in [1.165, 1.54) is 4.90 Å². The molecule has 174 valence electrons. The van der Waals surface area contributed by atoms with E-state index in [4.69, 9.17) is 11.6 Å². The van der Waals surface area contributed by atoms with Gasteiger partial charge < -0.3 is 0 Å². The summed E-state index contributed by atoms with van der Waals surface area (Å²) < 4.78 is 0. The fraction of sp³-hybridized carbons (Fsp3) is 0.233. The summed E-state index contributed by atoms with van der Waals surface area (Å²) in [5, 5.41) is 0.336. The van der Waals surface area contributed by atoms with Crippen LogP contribution in [0.15, 0.2) is 84.9 Å². The number of imide groups is 1. The number of ketones is 1. The minimum absolute atomic E-state index is 0.0271. The van der Waals surface area contributed by atoms with Gasteiger partial charge in [0.25, 0.3) is 0 Å². The Morgan fingerprint density at radius 2 is 1.26 bits per heavy atom. The standard InChI is InChI=1S/C30H24ClNO3/c1-3-30-23(19-14-8-5-9-15-19)22(18-12-6-4-7-13-18)29(2,28(30)35)24-25(30)27(34)32(26(24)33)21-17-11-10-16-20(21)31/h4-17,24-25H,3H2,1-2H3/t24-,25+,29+,30-/m0/s1. The zero-order chi connectivity index (χ0) is 24.5. The van der Waals surface area contributed by atoms with Gasteiger partial charge in [-0.3, -0.25) is 14.4 Å². The Morgan fingerprint density at radius 1 is 0.743 bits per heavy atom. The number of carbonyl (C=O) groups excluding carboxylic acids is 3. The molecule has 4 nitrogen and oxygen atoms in total. The first-order valence-corrected chi connectivity index (χ1v) is 12.3. The van der Waals surface area contributed by atoms with E-state index in [-0.39, 0.29) is 17.6 Å². The second-order valence-corrected chi connectivity index (χ2v) is 10.2. The Labute approximate surface area is 209 Å². The van der Waals surface area contributed by atoms with Gasteiger partial charge >= 0.3 is 0 Å². The topological polar surface area (TPSA) is 54.5 Å². The van der Waals surface area contributed by atoms with Crippen LogP contribution in [-0.4, -0.2) is 17.6 Å². The number of anilines is 1. The summed E-state index contributed by atoms with van der Waals surface area (Å²) in [6.07, 6.45) is 0.429. The van der Waals surface area contributed by atoms with Gasteiger partial charge in [0.1, 0.15) is 0 Å². The average Bonchev–Trinajstić information content (AvgIpc) is 3.35. The minimum atomic E-state index is -1.13. The van der Waals surface area contributed by atoms with Crippen molar-refractivity contribution in [2.24, 2.45) is 22.7 Å². The molecule has 0 unspecified atom stereocenters. The lowest BCUT2D eigenvalue weighted by Crippen LogP contribution is -2.41. The van der Waals surface area contributed by atoms with E-state index >= 15 is 0 Å². The van der Waals surface area contributed by atoms with Crippen LogP contribution >= 0.6 is 11.6 Å². The average molecular weight is 482 g/mol. The van der Waals surface area contributed by atoms with Crippen LogP contribution in [-0.2, 0) is 14.4 Å². The molecule has 1 saturated carbocycles. The predicted molar refractivity (Wildman–Crippen MR) is 136 cm³/mol. The van der Waals surface area contributed by atoms with Crippen molar-refractivity contribution in [1.29, 1.82) is 0 Å². The molecule has 0 aromatic heterocycles. The molecule has 3 aromatic carbocycles. The third-order valence-electron chi connectivity index (χ3n) is 8.33. The van der Waals surface area contributed by atoms with Crippen molar-refractivity contribution in [1.82, 2.24) is 0 Å². The van der Waals surface area contributed by atoms with Crippen molar-refractivity contribution in [3.05, 3.63) is 101 Å². The van der Waals surface area contributed by atoms with Crippen molar-refractivity contribution in [3.63, 3.8) is 0 Å². The van der Waals surface area contributed by atoms with Crippen molar-refractivity contribution >= 4 is 46.0 Å². The number of para-hydroxylation sites is 1. The van der Waals surface area contributed by atoms with Gasteiger partial charge in [-0.05, 0) is 47.8 Å². The second-order valence-electron chi connectivity index (χ2n) is 9.76. The third-order valence-corrected chi connectivity index (χ3v) is 8.65. The van der Waals surface area contributed by atoms with Gasteiger partial charge in [0.15, 0.2) is 5.78 Å². The molecule has 2 fully saturated rings. The molecule has 1 heterocycles. The molecule has 1 aliphatic heterocycles. The Hall–Kier alpha value is -3.50. The van der Waals surface area contributed by atoms with Gasteiger partial charge in [-0.15, -0.1) is 0 Å². The summed E-state index contributed by atoms with van der Waals surface area (Å²) in [4.78, 5) is 43.8. The smallest absolute Gasteiger partial charge is 0.239 e. The Bertz CT molecular complexity index is 1430. The number of amides is 2. The third kappa shape index (κ3) is 2.55. The molecule has 2 amide bonds. The molecule has 4 atom stereocenters. The van der Waals surface area contributed by atoms with E-state index in [0.29, 0.717) is 17.1 Å². The van der Waals surface area contributed by atoms with E-state index in [9.17, 15) is 14.4 Å². The number of hydrogen-bond acceptors (Lipinski definition) is 3. The molecule has 5 heteroatoms. The van der Waals surface area contributed by atoms with Gasteiger partial charge in [-0.2, -0.15) is 0 Å². The van der Waals surface area contributed by atoms with Crippen molar-refractivity contribution in [2.75, 3.05) is 4.90 Å². The molecule has 2 bridgehead atoms. The Kier molecular flexibility index (Phi) is 4.71. The molecule has 0 N–H and O–H groups in total. The van der Waals surface area contributed by atoms with E-state index < -0.39 is 22.7 Å². The highest BCUT2D eigenvalue weighted by Gasteiger charge is 2.79. The molecule has 0 radical (unpaired) electrons. The number of Topliss-reactive ketones (excluding diaryl/α,β-unsaturated/α-hetero) is 1. The van der Waals surface area contributed by atoms with Crippen LogP contribution in [0.4, 0.5) is 5.69 Å². The summed E-state index contributed by atoms with van der Waals surface area (Å²) in [5.74, 6) is -2.26. The molecule has 35 heavy (non-hydrogen) atoms. The highest BCUT2D eigenvalue weighted by molar-refractivity contribution is 6.38. The molecule has 3 aromatic rings. The fourth-order valence-electron chi connectivity index (χ4n) is 7.00. The van der Waals surface area contributed by atoms with E-state index in [0.717, 1.165) is 22.3 Å². The fourth-order valence-corrected chi connectivity index (χ4v) is 7.22. The number of hydrogen-bond donors (Lipinski definition) is 0. The summed E-state index contributed by atoms with van der Waals surface area (Å²) in [6.45, 7) is 3.82. The largest absolute Gasteiger partial charge is 0.298 e. The number of benzene rings is 3. The number of rotatable bonds is 4. The molecule has 6 rings (SSSR count). The minimum Gasteiger partial charge on any atom is -0.298 e. The maximum absolute atomic E-state index is 14.4. The first-order valence-electron chi connectivity index (χ1n) is 11.9. The van der Waals surface area contributed by atoms with Crippen LogP contribution in [0.5, 0.6) is 0 Å². The quantitative estimate of drug-likeness (QED) is 0.426. The van der Waals surface area contributed by atoms with Crippen LogP contribution < -0.4 is 4.90 Å². The first-order chi connectivity index (χ1) is 16.9. The van der Waals surface area contributed by atoms with Gasteiger partial charge in [0.05, 0.1) is 33.4 Å². The lowest BCUT2D eigenvalue weighted by atomic mass is 9.62. The van der Waals surface area contributed by atoms with Crippen LogP contribution in [0, 0.1) is 22.7 Å². The second kappa shape index (κ2) is 7.50. The number of nitrogens with zero attached hydrogens (tertiary/aromatic N) is 1. The molecule has 1 saturated heterocycles. The highest BCUT2D eigenvalue weighted by Crippen LogP contribution is 2.74. The Balaban J connectivity index is 1.66. The zero-order valence-electron chi connectivity index (χ0n) is 19.5. The van der Waals surface area contributed by atoms with Crippen LogP contribution in [0.2, 0.25) is 5.02 Å². The van der Waals surface area contributed by atoms with E-state index in [2.05, 4.69) is 0 Å². The zero-order valence-corrected chi connectivity index (χ0v) is 20.3. The van der Waals surface area contributed by atoms with Crippen LogP contribution in [0.1, 0.15) is 31.4 Å². The van der Waals surface area contributed by atoms with Crippen molar-refractivity contribution in [2.45, 2.75) is 20.3 Å². The van der Waals surface area contributed by atoms with E-state index in [1.807, 2.05) is 74.5 Å². The summed E-state index contributed by atoms with van der Waals surface area (Å²) >= 11 is 6.44. The molecular weight excluding hydrogens is 458 g/mol. The maximum Gasteiger partial charge on any atom is 0.239 e. The predicted octanol–water partition coefficient (Wildman–Crippen LogP) is 6.06. The number of carbonyl (C=O) groups is 3. The van der Waals surface area contributed by atoms with Gasteiger partial charge in [-0.25, -0.2) is 4.90 Å². The molecule has 0 spiro atoms. The van der Waals surface area contributed by atoms with Crippen LogP contribution in [0.25, 0.3) is 11.1 Å². The molecule has 2 aliphatic carbocycles. The summed E-state index contributed by atoms with van der Waals surface area (Å²) in [6, 6.07) is 26.5. The van der Waals surface area contributed by atoms with Gasteiger partial charge in [0.2, 0.25) is 11.8 Å². The number of halogens is 1. The summed E-state index contributed by atoms with van der Waals surface area (Å²) in [5.41, 5.74) is 1.72. The lowest BCUT2D eigenvalue weighted by Gasteiger charge is -2.37. The van der Waals surface area contributed by atoms with Gasteiger partial charge in [0, 0.05) is 0 Å². The maximum atomic E-state index is 14.4. The highest BCUT2D eigenvalue weighted by atomic mass is 35.5. The SMILES string of the molecule is CC[C@]12C(=O)[C@](C)(C(c3ccccc3)=C1c1ccccc1)[C@@H]1C(=O)N(c3ccccc3Cl)C(=O)[C@@H]12. The molecular formula is C30H24ClNO3. The van der Waals surface area contributed by atoms with Crippen molar-refractivity contribution < 1.29 is 14.4 Å². The normalized spacial score (nSPS) is 29.3. The number of allylic oxidation sites excluding steroid dienone is 2. The van der Waals surface area contributed by atoms with E-state index in [1.54, 1.807) is 24.3 Å². The first kappa shape index (κ1) is 22.0. The summed E-state index contributed by atoms with van der Waals surface area (Å²) in [7, 11) is 0. The number of fused-ring (bicyclic) bond motifs is 5. The van der Waals surface area contributed by atoms with Crippen molar-refractivity contribution in [3.8, 4) is 0 Å². The monoisotopic (exact) mass is 481 g/mol. The van der Waals surface area contributed by atoms with Gasteiger partial charge in [-0.1, -0.05) is 91.3 Å². The molecule has 3 aliphatic rings. The van der Waals surface area contributed by atoms with Crippen LogP contribution in [0.3, 0.4) is 0 Å². The lowest BCUT2D eigenvalue weighted by molar-refractivity contribution is -0.134.